The SMILES string of the molecule is CC(COc1ccccc1)NN.Cl. The number of hydrogen-bond donors (Lipinski definition) is 2. The maximum absolute atomic E-state index is 5.42. The van der Waals surface area contributed by atoms with Crippen molar-refractivity contribution in [3.05, 3.63) is 30.3 Å². The molecule has 0 aliphatic heterocycles. The summed E-state index contributed by atoms with van der Waals surface area (Å²) in [6.07, 6.45) is 0. The fourth-order valence-electron chi connectivity index (χ4n) is 0.786. The van der Waals surface area contributed by atoms with Gasteiger partial charge in [0.15, 0.2) is 0 Å². The lowest BCUT2D eigenvalue weighted by atomic mass is 10.3. The molecule has 0 heterocycles. The van der Waals surface area contributed by atoms with Gasteiger partial charge in [0, 0.05) is 0 Å². The van der Waals surface area contributed by atoms with Gasteiger partial charge in [0.05, 0.1) is 6.04 Å². The summed E-state index contributed by atoms with van der Waals surface area (Å²) in [6, 6.07) is 9.85. The summed E-state index contributed by atoms with van der Waals surface area (Å²) in [6.45, 7) is 2.55. The smallest absolute Gasteiger partial charge is 0.119 e. The minimum Gasteiger partial charge on any atom is -0.492 e. The lowest BCUT2D eigenvalue weighted by molar-refractivity contribution is 0.275. The Hall–Kier alpha value is -0.770. The van der Waals surface area contributed by atoms with Crippen molar-refractivity contribution in [3.8, 4) is 5.75 Å². The van der Waals surface area contributed by atoms with Gasteiger partial charge in [-0.05, 0) is 19.1 Å². The Morgan fingerprint density at radius 1 is 1.38 bits per heavy atom. The Kier molecular flexibility index (Phi) is 6.32. The lowest BCUT2D eigenvalue weighted by Crippen LogP contribution is -2.36. The number of para-hydroxylation sites is 1. The van der Waals surface area contributed by atoms with E-state index in [2.05, 4.69) is 5.43 Å². The van der Waals surface area contributed by atoms with E-state index in [0.29, 0.717) is 6.61 Å². The number of nitrogens with one attached hydrogen (secondary N) is 1. The molecule has 1 atom stereocenters. The Bertz CT molecular complexity index is 218. The zero-order valence-electron chi connectivity index (χ0n) is 7.57. The van der Waals surface area contributed by atoms with Crippen molar-refractivity contribution in [2.24, 2.45) is 5.84 Å². The van der Waals surface area contributed by atoms with Crippen LogP contribution in [0.4, 0.5) is 0 Å². The zero-order chi connectivity index (χ0) is 8.81. The second-order valence-corrected chi connectivity index (χ2v) is 2.69. The highest BCUT2D eigenvalue weighted by Crippen LogP contribution is 2.07. The van der Waals surface area contributed by atoms with Crippen LogP contribution in [-0.2, 0) is 0 Å². The maximum atomic E-state index is 5.42. The minimum atomic E-state index is 0. The molecule has 1 aromatic carbocycles. The molecule has 0 radical (unpaired) electrons. The third-order valence-corrected chi connectivity index (χ3v) is 1.53. The van der Waals surface area contributed by atoms with Crippen LogP contribution in [0.25, 0.3) is 0 Å². The number of benzene rings is 1. The molecule has 3 nitrogen and oxygen atoms in total. The van der Waals surface area contributed by atoms with E-state index in [-0.39, 0.29) is 18.4 Å². The Labute approximate surface area is 84.7 Å². The fourth-order valence-corrected chi connectivity index (χ4v) is 0.786. The molecule has 13 heavy (non-hydrogen) atoms. The molecule has 0 aromatic heterocycles. The predicted molar refractivity (Wildman–Crippen MR) is 56.0 cm³/mol. The molecule has 0 saturated carbocycles. The Morgan fingerprint density at radius 2 is 2.00 bits per heavy atom. The first-order chi connectivity index (χ1) is 5.83. The molecule has 0 bridgehead atoms. The third kappa shape index (κ3) is 4.72. The van der Waals surface area contributed by atoms with Crippen LogP contribution in [0.1, 0.15) is 6.92 Å². The summed E-state index contributed by atoms with van der Waals surface area (Å²) < 4.78 is 5.42. The highest BCUT2D eigenvalue weighted by Gasteiger charge is 1.98. The molecule has 0 spiro atoms. The molecule has 0 amide bonds. The van der Waals surface area contributed by atoms with Crippen LogP contribution < -0.4 is 16.0 Å². The standard InChI is InChI=1S/C9H14N2O.ClH/c1-8(11-10)7-12-9-5-3-2-4-6-9;/h2-6,8,11H,7,10H2,1H3;1H. The van der Waals surface area contributed by atoms with Crippen LogP contribution >= 0.6 is 12.4 Å². The molecule has 4 heteroatoms. The lowest BCUT2D eigenvalue weighted by Gasteiger charge is -2.11. The summed E-state index contributed by atoms with van der Waals surface area (Å²) in [7, 11) is 0. The maximum Gasteiger partial charge on any atom is 0.119 e. The van der Waals surface area contributed by atoms with E-state index in [1.54, 1.807) is 0 Å². The van der Waals surface area contributed by atoms with Gasteiger partial charge >= 0.3 is 0 Å². The van der Waals surface area contributed by atoms with E-state index in [0.717, 1.165) is 5.75 Å². The van der Waals surface area contributed by atoms with Crippen LogP contribution in [0.15, 0.2) is 30.3 Å². The van der Waals surface area contributed by atoms with E-state index in [1.807, 2.05) is 37.3 Å². The number of ether oxygens (including phenoxy) is 1. The van der Waals surface area contributed by atoms with Gasteiger partial charge in [0.1, 0.15) is 12.4 Å². The van der Waals surface area contributed by atoms with E-state index < -0.39 is 0 Å². The molecule has 3 N–H and O–H groups in total. The van der Waals surface area contributed by atoms with Gasteiger partial charge in [-0.1, -0.05) is 18.2 Å². The summed E-state index contributed by atoms with van der Waals surface area (Å²) in [4.78, 5) is 0. The molecule has 0 aliphatic rings. The first kappa shape index (κ1) is 12.2. The molecule has 1 rings (SSSR count). The average molecular weight is 203 g/mol. The summed E-state index contributed by atoms with van der Waals surface area (Å²) in [5, 5.41) is 0. The number of rotatable bonds is 4. The third-order valence-electron chi connectivity index (χ3n) is 1.53. The van der Waals surface area contributed by atoms with Gasteiger partial charge in [-0.25, -0.2) is 0 Å². The first-order valence-electron chi connectivity index (χ1n) is 3.97. The first-order valence-corrected chi connectivity index (χ1v) is 3.97. The van der Waals surface area contributed by atoms with Gasteiger partial charge < -0.3 is 4.74 Å². The molecule has 1 aromatic rings. The van der Waals surface area contributed by atoms with Crippen LogP contribution in [0.5, 0.6) is 5.75 Å². The zero-order valence-corrected chi connectivity index (χ0v) is 8.38. The van der Waals surface area contributed by atoms with Gasteiger partial charge in [-0.2, -0.15) is 0 Å². The molecular weight excluding hydrogens is 188 g/mol. The normalized spacial score (nSPS) is 11.5. The highest BCUT2D eigenvalue weighted by molar-refractivity contribution is 5.85. The molecule has 1 unspecified atom stereocenters. The van der Waals surface area contributed by atoms with E-state index >= 15 is 0 Å². The Balaban J connectivity index is 0.00000144. The van der Waals surface area contributed by atoms with Gasteiger partial charge in [0.25, 0.3) is 0 Å². The van der Waals surface area contributed by atoms with Crippen molar-refractivity contribution < 1.29 is 4.74 Å². The van der Waals surface area contributed by atoms with Crippen LogP contribution in [0.2, 0.25) is 0 Å². The second kappa shape index (κ2) is 6.71. The number of nitrogens with two attached hydrogens (primary N) is 1. The molecular formula is C9H15ClN2O. The van der Waals surface area contributed by atoms with Crippen molar-refractivity contribution in [1.82, 2.24) is 5.43 Å². The predicted octanol–water partition coefficient (Wildman–Crippen LogP) is 1.34. The summed E-state index contributed by atoms with van der Waals surface area (Å²) in [5.41, 5.74) is 2.61. The van der Waals surface area contributed by atoms with Crippen LogP contribution in [0, 0.1) is 0 Å². The fraction of sp³-hybridized carbons (Fsp3) is 0.333. The number of halogens is 1. The van der Waals surface area contributed by atoms with E-state index in [9.17, 15) is 0 Å². The summed E-state index contributed by atoms with van der Waals surface area (Å²) >= 11 is 0. The van der Waals surface area contributed by atoms with Gasteiger partial charge in [-0.3, -0.25) is 11.3 Å². The van der Waals surface area contributed by atoms with Gasteiger partial charge in [-0.15, -0.1) is 12.4 Å². The highest BCUT2D eigenvalue weighted by atomic mass is 35.5. The Morgan fingerprint density at radius 3 is 2.54 bits per heavy atom. The van der Waals surface area contributed by atoms with Crippen molar-refractivity contribution in [3.63, 3.8) is 0 Å². The minimum absolute atomic E-state index is 0. The van der Waals surface area contributed by atoms with Crippen molar-refractivity contribution in [2.45, 2.75) is 13.0 Å². The topological polar surface area (TPSA) is 47.3 Å². The van der Waals surface area contributed by atoms with Crippen molar-refractivity contribution in [1.29, 1.82) is 0 Å². The van der Waals surface area contributed by atoms with Crippen molar-refractivity contribution in [2.75, 3.05) is 6.61 Å². The molecule has 0 fully saturated rings. The van der Waals surface area contributed by atoms with Crippen LogP contribution in [0.3, 0.4) is 0 Å². The van der Waals surface area contributed by atoms with Gasteiger partial charge in [0.2, 0.25) is 0 Å². The number of hydrazine groups is 1. The number of hydrogen-bond acceptors (Lipinski definition) is 3. The summed E-state index contributed by atoms with van der Waals surface area (Å²) in [5.74, 6) is 6.08. The average Bonchev–Trinajstić information content (AvgIpc) is 2.16. The quantitative estimate of drug-likeness (QED) is 0.572. The second-order valence-electron chi connectivity index (χ2n) is 2.69. The van der Waals surface area contributed by atoms with Crippen LogP contribution in [-0.4, -0.2) is 12.6 Å². The molecule has 0 saturated heterocycles. The molecule has 0 aliphatic carbocycles. The largest absolute Gasteiger partial charge is 0.492 e. The monoisotopic (exact) mass is 202 g/mol. The van der Waals surface area contributed by atoms with E-state index in [4.69, 9.17) is 10.6 Å². The molecule has 74 valence electrons. The van der Waals surface area contributed by atoms with E-state index in [1.165, 1.54) is 0 Å². The van der Waals surface area contributed by atoms with Crippen molar-refractivity contribution >= 4 is 12.4 Å².